The fourth-order valence-electron chi connectivity index (χ4n) is 6.13. The molecule has 1 aromatic heterocycles. The Labute approximate surface area is 268 Å². The van der Waals surface area contributed by atoms with Gasteiger partial charge in [-0.1, -0.05) is 44.8 Å². The van der Waals surface area contributed by atoms with Crippen LogP contribution < -0.4 is 16.0 Å². The van der Waals surface area contributed by atoms with Gasteiger partial charge in [0.2, 0.25) is 17.7 Å². The van der Waals surface area contributed by atoms with Gasteiger partial charge >= 0.3 is 0 Å². The minimum atomic E-state index is -0.946. The van der Waals surface area contributed by atoms with Gasteiger partial charge in [-0.25, -0.2) is 9.02 Å². The van der Waals surface area contributed by atoms with E-state index in [4.69, 9.17) is 9.37 Å². The standard InChI is InChI=1S/C32H46FN7O6/c1-6-24-29(38-46-37-24)31(43)36-28(21-9-7-19(2)8-10-21)30(42)34-25-12-11-22(17-23(25)33)20(3)27(35-26(41)18-45-5)32(44)40-15-13-39(4)14-16-40/h11-12,17,19-21,27-28H,6-10,13-16,18H2,1-5H3,(H,34,42)(H,35,41)(H,36,43)/t19-,20-,21-,27+,28-/m0/s1. The van der Waals surface area contributed by atoms with Gasteiger partial charge in [0.15, 0.2) is 5.69 Å². The first-order valence-corrected chi connectivity index (χ1v) is 16.0. The van der Waals surface area contributed by atoms with E-state index in [9.17, 15) is 19.2 Å². The topological polar surface area (TPSA) is 159 Å². The third-order valence-electron chi connectivity index (χ3n) is 9.16. The minimum Gasteiger partial charge on any atom is -0.375 e. The highest BCUT2D eigenvalue weighted by molar-refractivity contribution is 6.01. The summed E-state index contributed by atoms with van der Waals surface area (Å²) >= 11 is 0. The van der Waals surface area contributed by atoms with E-state index in [1.807, 2.05) is 14.0 Å². The van der Waals surface area contributed by atoms with Crippen molar-refractivity contribution >= 4 is 29.3 Å². The lowest BCUT2D eigenvalue weighted by atomic mass is 9.79. The van der Waals surface area contributed by atoms with Crippen LogP contribution in [0.25, 0.3) is 0 Å². The highest BCUT2D eigenvalue weighted by Crippen LogP contribution is 2.32. The Kier molecular flexibility index (Phi) is 12.2. The number of ether oxygens (including phenoxy) is 1. The summed E-state index contributed by atoms with van der Waals surface area (Å²) in [6.07, 6.45) is 3.71. The fourth-order valence-corrected chi connectivity index (χ4v) is 6.13. The number of hydrogen-bond acceptors (Lipinski definition) is 9. The van der Waals surface area contributed by atoms with Crippen LogP contribution >= 0.6 is 0 Å². The van der Waals surface area contributed by atoms with Crippen LogP contribution in [0.2, 0.25) is 0 Å². The van der Waals surface area contributed by atoms with Crippen molar-refractivity contribution in [3.63, 3.8) is 0 Å². The Morgan fingerprint density at radius 2 is 1.76 bits per heavy atom. The van der Waals surface area contributed by atoms with Crippen LogP contribution in [0.5, 0.6) is 0 Å². The maximum Gasteiger partial charge on any atom is 0.276 e. The Bertz CT molecular complexity index is 1370. The zero-order valence-corrected chi connectivity index (χ0v) is 27.3. The first kappa shape index (κ1) is 35.0. The zero-order valence-electron chi connectivity index (χ0n) is 27.3. The number of aryl methyl sites for hydroxylation is 1. The first-order valence-electron chi connectivity index (χ1n) is 16.0. The van der Waals surface area contributed by atoms with Crippen LogP contribution in [0.15, 0.2) is 22.8 Å². The number of nitrogens with zero attached hydrogens (tertiary/aromatic N) is 4. The summed E-state index contributed by atoms with van der Waals surface area (Å²) in [7, 11) is 3.37. The fraction of sp³-hybridized carbons (Fsp3) is 0.625. The summed E-state index contributed by atoms with van der Waals surface area (Å²) < 4.78 is 25.3. The average molecular weight is 644 g/mol. The molecule has 1 aliphatic heterocycles. The molecule has 2 heterocycles. The summed E-state index contributed by atoms with van der Waals surface area (Å²) in [5.41, 5.74) is 0.810. The van der Waals surface area contributed by atoms with Gasteiger partial charge in [-0.2, -0.15) is 0 Å². The van der Waals surface area contributed by atoms with Gasteiger partial charge < -0.3 is 30.5 Å². The molecule has 4 amide bonds. The van der Waals surface area contributed by atoms with Crippen LogP contribution in [0, 0.1) is 17.7 Å². The largest absolute Gasteiger partial charge is 0.375 e. The number of halogens is 1. The van der Waals surface area contributed by atoms with Crippen molar-refractivity contribution in [3.05, 3.63) is 41.0 Å². The van der Waals surface area contributed by atoms with Gasteiger partial charge in [0.25, 0.3) is 5.91 Å². The number of aromatic nitrogens is 2. The smallest absolute Gasteiger partial charge is 0.276 e. The molecule has 2 aromatic rings. The van der Waals surface area contributed by atoms with E-state index in [-0.39, 0.29) is 29.8 Å². The zero-order chi connectivity index (χ0) is 33.4. The van der Waals surface area contributed by atoms with E-state index in [2.05, 4.69) is 38.1 Å². The number of anilines is 1. The normalized spacial score (nSPS) is 20.8. The van der Waals surface area contributed by atoms with E-state index in [1.165, 1.54) is 19.2 Å². The Morgan fingerprint density at radius 3 is 2.39 bits per heavy atom. The van der Waals surface area contributed by atoms with E-state index in [1.54, 1.807) is 17.9 Å². The molecule has 4 rings (SSSR count). The second-order valence-corrected chi connectivity index (χ2v) is 12.5. The lowest BCUT2D eigenvalue weighted by molar-refractivity contribution is -0.139. The monoisotopic (exact) mass is 643 g/mol. The summed E-state index contributed by atoms with van der Waals surface area (Å²) in [5, 5.41) is 15.7. The molecule has 3 N–H and O–H groups in total. The number of likely N-dealkylation sites (N-methyl/N-ethyl adjacent to an activating group) is 1. The molecule has 0 unspecified atom stereocenters. The second kappa shape index (κ2) is 16.1. The maximum absolute atomic E-state index is 15.6. The van der Waals surface area contributed by atoms with Crippen molar-refractivity contribution in [2.75, 3.05) is 52.3 Å². The van der Waals surface area contributed by atoms with Gasteiger partial charge in [0.1, 0.15) is 30.2 Å². The van der Waals surface area contributed by atoms with Crippen LogP contribution in [0.3, 0.4) is 0 Å². The average Bonchev–Trinajstić information content (AvgIpc) is 3.53. The lowest BCUT2D eigenvalue weighted by Crippen LogP contribution is -2.56. The molecule has 1 aliphatic carbocycles. The number of hydrogen-bond donors (Lipinski definition) is 3. The summed E-state index contributed by atoms with van der Waals surface area (Å²) in [6.45, 7) is 7.94. The number of methoxy groups -OCH3 is 1. The molecule has 2 fully saturated rings. The number of piperazine rings is 1. The quantitative estimate of drug-likeness (QED) is 0.316. The summed E-state index contributed by atoms with van der Waals surface area (Å²) in [6, 6.07) is 2.45. The van der Waals surface area contributed by atoms with Crippen LogP contribution in [0.1, 0.15) is 74.1 Å². The molecule has 46 heavy (non-hydrogen) atoms. The van der Waals surface area contributed by atoms with Crippen molar-refractivity contribution in [2.45, 2.75) is 70.9 Å². The van der Waals surface area contributed by atoms with Crippen LogP contribution in [-0.2, 0) is 25.5 Å². The lowest BCUT2D eigenvalue weighted by Gasteiger charge is -2.36. The SMILES string of the molecule is CCc1nonc1C(=O)N[C@H](C(=O)Nc1ccc([C@H](C)[C@@H](NC(=O)COC)C(=O)N2CCN(C)CC2)cc1F)[C@H]1CC[C@H](C)CC1. The van der Waals surface area contributed by atoms with Gasteiger partial charge in [0.05, 0.1) is 5.69 Å². The highest BCUT2D eigenvalue weighted by atomic mass is 19.1. The molecule has 0 spiro atoms. The predicted molar refractivity (Wildman–Crippen MR) is 167 cm³/mol. The first-order chi connectivity index (χ1) is 22.0. The third-order valence-corrected chi connectivity index (χ3v) is 9.16. The molecule has 0 radical (unpaired) electrons. The van der Waals surface area contributed by atoms with E-state index in [0.717, 1.165) is 25.7 Å². The molecular formula is C32H46FN7O6. The Hall–Kier alpha value is -3.91. The Morgan fingerprint density at radius 1 is 1.07 bits per heavy atom. The van der Waals surface area contributed by atoms with Crippen molar-refractivity contribution in [2.24, 2.45) is 11.8 Å². The van der Waals surface area contributed by atoms with Gasteiger partial charge in [-0.3, -0.25) is 19.2 Å². The van der Waals surface area contributed by atoms with Crippen molar-refractivity contribution in [1.82, 2.24) is 30.7 Å². The summed E-state index contributed by atoms with van der Waals surface area (Å²) in [4.78, 5) is 56.6. The van der Waals surface area contributed by atoms with Crippen LogP contribution in [-0.4, -0.2) is 103 Å². The molecule has 0 bridgehead atoms. The van der Waals surface area contributed by atoms with Gasteiger partial charge in [-0.05, 0) is 61.0 Å². The third kappa shape index (κ3) is 8.66. The second-order valence-electron chi connectivity index (χ2n) is 12.5. The number of nitrogens with one attached hydrogen (secondary N) is 3. The number of rotatable bonds is 12. The van der Waals surface area contributed by atoms with Gasteiger partial charge in [0, 0.05) is 39.2 Å². The minimum absolute atomic E-state index is 0.0206. The molecule has 3 atom stereocenters. The maximum atomic E-state index is 15.6. The molecule has 2 aliphatic rings. The van der Waals surface area contributed by atoms with Crippen molar-refractivity contribution in [1.29, 1.82) is 0 Å². The van der Waals surface area contributed by atoms with Crippen LogP contribution in [0.4, 0.5) is 10.1 Å². The van der Waals surface area contributed by atoms with E-state index < -0.39 is 41.5 Å². The van der Waals surface area contributed by atoms with Crippen molar-refractivity contribution < 1.29 is 32.9 Å². The Balaban J connectivity index is 1.52. The highest BCUT2D eigenvalue weighted by Gasteiger charge is 2.36. The van der Waals surface area contributed by atoms with E-state index >= 15 is 4.39 Å². The molecule has 252 valence electrons. The number of carbonyl (C=O) groups excluding carboxylic acids is 4. The van der Waals surface area contributed by atoms with E-state index in [0.29, 0.717) is 49.8 Å². The number of benzene rings is 1. The van der Waals surface area contributed by atoms with Crippen molar-refractivity contribution in [3.8, 4) is 0 Å². The molecule has 14 heteroatoms. The molecule has 1 saturated carbocycles. The molecule has 1 aromatic carbocycles. The predicted octanol–water partition coefficient (Wildman–Crippen LogP) is 2.34. The van der Waals surface area contributed by atoms with Gasteiger partial charge in [-0.15, -0.1) is 0 Å². The number of carbonyl (C=O) groups is 4. The molecular weight excluding hydrogens is 597 g/mol. The molecule has 1 saturated heterocycles. The number of amides is 4. The summed E-state index contributed by atoms with van der Waals surface area (Å²) in [5.74, 6) is -2.76. The molecule has 13 nitrogen and oxygen atoms in total.